The fourth-order valence-corrected chi connectivity index (χ4v) is 1.88. The second-order valence-electron chi connectivity index (χ2n) is 4.51. The van der Waals surface area contributed by atoms with Crippen molar-refractivity contribution >= 4 is 0 Å². The first-order valence-electron chi connectivity index (χ1n) is 6.61. The van der Waals surface area contributed by atoms with Crippen LogP contribution in [0.1, 0.15) is 37.8 Å². The lowest BCUT2D eigenvalue weighted by molar-refractivity contribution is 0.300. The number of aryl methyl sites for hydroxylation is 1. The molecule has 0 unspecified atom stereocenters. The maximum atomic E-state index is 5.79. The summed E-state index contributed by atoms with van der Waals surface area (Å²) in [7, 11) is 0. The number of hydrogen-bond donors (Lipinski definition) is 1. The third-order valence-corrected chi connectivity index (χ3v) is 3.33. The van der Waals surface area contributed by atoms with Gasteiger partial charge in [0.1, 0.15) is 12.4 Å². The summed E-state index contributed by atoms with van der Waals surface area (Å²) in [6.07, 6.45) is 2.36. The van der Waals surface area contributed by atoms with Crippen LogP contribution in [0.2, 0.25) is 0 Å². The van der Waals surface area contributed by atoms with Crippen molar-refractivity contribution in [3.05, 3.63) is 29.3 Å². The summed E-state index contributed by atoms with van der Waals surface area (Å²) >= 11 is 0. The van der Waals surface area contributed by atoms with E-state index in [2.05, 4.69) is 39.1 Å². The second kappa shape index (κ2) is 7.33. The van der Waals surface area contributed by atoms with Gasteiger partial charge in [-0.25, -0.2) is 0 Å². The minimum absolute atomic E-state index is 0.622. The Balaban J connectivity index is 2.33. The lowest BCUT2D eigenvalue weighted by Crippen LogP contribution is -2.31. The van der Waals surface area contributed by atoms with Crippen LogP contribution in [0.5, 0.6) is 5.75 Å². The van der Waals surface area contributed by atoms with Gasteiger partial charge < -0.3 is 10.1 Å². The first-order valence-corrected chi connectivity index (χ1v) is 6.61. The van der Waals surface area contributed by atoms with E-state index in [-0.39, 0.29) is 0 Å². The van der Waals surface area contributed by atoms with E-state index >= 15 is 0 Å². The monoisotopic (exact) mass is 235 g/mol. The molecule has 0 fully saturated rings. The van der Waals surface area contributed by atoms with Gasteiger partial charge >= 0.3 is 0 Å². The van der Waals surface area contributed by atoms with E-state index in [0.717, 1.165) is 18.9 Å². The highest BCUT2D eigenvalue weighted by atomic mass is 16.5. The zero-order valence-electron chi connectivity index (χ0n) is 11.5. The van der Waals surface area contributed by atoms with Gasteiger partial charge in [0.05, 0.1) is 0 Å². The van der Waals surface area contributed by atoms with E-state index < -0.39 is 0 Å². The largest absolute Gasteiger partial charge is 0.492 e. The van der Waals surface area contributed by atoms with Gasteiger partial charge in [-0.3, -0.25) is 0 Å². The number of nitrogens with one attached hydrogen (secondary N) is 1. The molecule has 1 aromatic rings. The van der Waals surface area contributed by atoms with E-state index in [9.17, 15) is 0 Å². The Morgan fingerprint density at radius 2 is 1.88 bits per heavy atom. The molecule has 0 aliphatic carbocycles. The van der Waals surface area contributed by atoms with Crippen molar-refractivity contribution in [2.24, 2.45) is 0 Å². The van der Waals surface area contributed by atoms with Crippen LogP contribution in [-0.2, 0) is 0 Å². The maximum Gasteiger partial charge on any atom is 0.122 e. The van der Waals surface area contributed by atoms with E-state index in [0.29, 0.717) is 6.04 Å². The van der Waals surface area contributed by atoms with Crippen LogP contribution in [0, 0.1) is 13.8 Å². The Labute approximate surface area is 105 Å². The van der Waals surface area contributed by atoms with Gasteiger partial charge in [-0.1, -0.05) is 26.0 Å². The zero-order valence-corrected chi connectivity index (χ0v) is 11.5. The standard InChI is InChI=1S/C15H25NO/c1-5-14(6-2)16-10-11-17-15-9-7-8-12(3)13(15)4/h7-9,14,16H,5-6,10-11H2,1-4H3. The van der Waals surface area contributed by atoms with Gasteiger partial charge in [0.2, 0.25) is 0 Å². The number of rotatable bonds is 7. The highest BCUT2D eigenvalue weighted by Crippen LogP contribution is 2.20. The van der Waals surface area contributed by atoms with Crippen LogP contribution in [0.15, 0.2) is 18.2 Å². The molecule has 17 heavy (non-hydrogen) atoms. The quantitative estimate of drug-likeness (QED) is 0.731. The fraction of sp³-hybridized carbons (Fsp3) is 0.600. The molecule has 0 saturated carbocycles. The lowest BCUT2D eigenvalue weighted by Gasteiger charge is -2.16. The molecule has 0 aromatic heterocycles. The molecule has 0 spiro atoms. The molecule has 0 heterocycles. The average molecular weight is 235 g/mol. The molecule has 0 aliphatic heterocycles. The van der Waals surface area contributed by atoms with Crippen LogP contribution in [0.3, 0.4) is 0 Å². The molecule has 2 nitrogen and oxygen atoms in total. The van der Waals surface area contributed by atoms with Crippen molar-refractivity contribution in [1.29, 1.82) is 0 Å². The Morgan fingerprint density at radius 1 is 1.18 bits per heavy atom. The van der Waals surface area contributed by atoms with Crippen molar-refractivity contribution in [3.8, 4) is 5.75 Å². The second-order valence-corrected chi connectivity index (χ2v) is 4.51. The average Bonchev–Trinajstić information content (AvgIpc) is 2.34. The minimum atomic E-state index is 0.622. The van der Waals surface area contributed by atoms with Gasteiger partial charge in [-0.2, -0.15) is 0 Å². The molecule has 0 saturated heterocycles. The normalized spacial score (nSPS) is 10.9. The van der Waals surface area contributed by atoms with E-state index in [1.165, 1.54) is 24.0 Å². The summed E-state index contributed by atoms with van der Waals surface area (Å²) in [5.41, 5.74) is 2.53. The van der Waals surface area contributed by atoms with Crippen LogP contribution in [0.4, 0.5) is 0 Å². The van der Waals surface area contributed by atoms with Crippen molar-refractivity contribution in [2.45, 2.75) is 46.6 Å². The molecule has 0 bridgehead atoms. The van der Waals surface area contributed by atoms with Gasteiger partial charge in [0, 0.05) is 12.6 Å². The predicted octanol–water partition coefficient (Wildman–Crippen LogP) is 3.46. The van der Waals surface area contributed by atoms with Gasteiger partial charge in [0.15, 0.2) is 0 Å². The predicted molar refractivity (Wildman–Crippen MR) is 73.8 cm³/mol. The summed E-state index contributed by atoms with van der Waals surface area (Å²) in [4.78, 5) is 0. The summed E-state index contributed by atoms with van der Waals surface area (Å²) < 4.78 is 5.79. The molecule has 0 atom stereocenters. The lowest BCUT2D eigenvalue weighted by atomic mass is 10.1. The fourth-order valence-electron chi connectivity index (χ4n) is 1.88. The van der Waals surface area contributed by atoms with Gasteiger partial charge in [0.25, 0.3) is 0 Å². The van der Waals surface area contributed by atoms with E-state index in [1.54, 1.807) is 0 Å². The summed E-state index contributed by atoms with van der Waals surface area (Å²) in [5, 5.41) is 3.50. The Kier molecular flexibility index (Phi) is 6.06. The molecule has 1 aromatic carbocycles. The minimum Gasteiger partial charge on any atom is -0.492 e. The molecule has 1 N–H and O–H groups in total. The molecule has 0 aliphatic rings. The third-order valence-electron chi connectivity index (χ3n) is 3.33. The van der Waals surface area contributed by atoms with Gasteiger partial charge in [-0.05, 0) is 43.9 Å². The van der Waals surface area contributed by atoms with Gasteiger partial charge in [-0.15, -0.1) is 0 Å². The molecular formula is C15H25NO. The molecule has 0 radical (unpaired) electrons. The SMILES string of the molecule is CCC(CC)NCCOc1cccc(C)c1C. The Bertz CT molecular complexity index is 332. The smallest absolute Gasteiger partial charge is 0.122 e. The zero-order chi connectivity index (χ0) is 12.7. The Morgan fingerprint density at radius 3 is 2.53 bits per heavy atom. The molecule has 1 rings (SSSR count). The number of hydrogen-bond acceptors (Lipinski definition) is 2. The van der Waals surface area contributed by atoms with Crippen molar-refractivity contribution in [2.75, 3.05) is 13.2 Å². The first kappa shape index (κ1) is 14.0. The summed E-state index contributed by atoms with van der Waals surface area (Å²) in [6, 6.07) is 6.83. The first-order chi connectivity index (χ1) is 8.19. The molecule has 0 amide bonds. The van der Waals surface area contributed by atoms with E-state index in [4.69, 9.17) is 4.74 Å². The summed E-state index contributed by atoms with van der Waals surface area (Å²) in [6.45, 7) is 10.3. The van der Waals surface area contributed by atoms with Crippen LogP contribution in [0.25, 0.3) is 0 Å². The highest BCUT2D eigenvalue weighted by Gasteiger charge is 2.03. The topological polar surface area (TPSA) is 21.3 Å². The highest BCUT2D eigenvalue weighted by molar-refractivity contribution is 5.38. The van der Waals surface area contributed by atoms with Crippen LogP contribution in [-0.4, -0.2) is 19.2 Å². The third kappa shape index (κ3) is 4.39. The number of benzene rings is 1. The van der Waals surface area contributed by atoms with Crippen molar-refractivity contribution in [1.82, 2.24) is 5.32 Å². The molecule has 2 heteroatoms. The van der Waals surface area contributed by atoms with Crippen LogP contribution >= 0.6 is 0 Å². The van der Waals surface area contributed by atoms with E-state index in [1.807, 2.05) is 12.1 Å². The van der Waals surface area contributed by atoms with Crippen molar-refractivity contribution in [3.63, 3.8) is 0 Å². The maximum absolute atomic E-state index is 5.79. The Hall–Kier alpha value is -1.02. The molecular weight excluding hydrogens is 210 g/mol. The number of ether oxygens (including phenoxy) is 1. The van der Waals surface area contributed by atoms with Crippen molar-refractivity contribution < 1.29 is 4.74 Å². The summed E-state index contributed by atoms with van der Waals surface area (Å²) in [5.74, 6) is 1.01. The van der Waals surface area contributed by atoms with Crippen LogP contribution < -0.4 is 10.1 Å². The molecule has 96 valence electrons.